The Hall–Kier alpha value is -0.370. The maximum absolute atomic E-state index is 12.5. The molecule has 1 aliphatic rings. The van der Waals surface area contributed by atoms with Gasteiger partial charge < -0.3 is 10.1 Å². The van der Waals surface area contributed by atoms with Gasteiger partial charge in [-0.3, -0.25) is 4.79 Å². The first-order valence-corrected chi connectivity index (χ1v) is 8.13. The van der Waals surface area contributed by atoms with Crippen molar-refractivity contribution in [2.45, 2.75) is 30.9 Å². The van der Waals surface area contributed by atoms with Crippen molar-refractivity contribution in [3.8, 4) is 0 Å². The molecule has 8 heteroatoms. The highest BCUT2D eigenvalue weighted by atomic mass is 35.5. The summed E-state index contributed by atoms with van der Waals surface area (Å²) in [5.41, 5.74) is 0. The van der Waals surface area contributed by atoms with E-state index in [0.29, 0.717) is 25.9 Å². The third-order valence-electron chi connectivity index (χ3n) is 3.70. The Morgan fingerprint density at radius 2 is 1.95 bits per heavy atom. The molecule has 6 nitrogen and oxygen atoms in total. The Balaban J connectivity index is 0.00000361. The van der Waals surface area contributed by atoms with Crippen molar-refractivity contribution in [3.05, 3.63) is 0 Å². The molecule has 0 aromatic carbocycles. The van der Waals surface area contributed by atoms with Crippen LogP contribution < -0.4 is 5.32 Å². The van der Waals surface area contributed by atoms with Crippen LogP contribution in [-0.2, 0) is 19.6 Å². The second-order valence-electron chi connectivity index (χ2n) is 4.92. The molecule has 1 saturated carbocycles. The molecular formula is C12H25ClN2O4S. The van der Waals surface area contributed by atoms with Gasteiger partial charge in [0.1, 0.15) is 0 Å². The number of carbonyl (C=O) groups is 1. The summed E-state index contributed by atoms with van der Waals surface area (Å²) in [5.74, 6) is -0.934. The van der Waals surface area contributed by atoms with Crippen molar-refractivity contribution in [2.24, 2.45) is 5.92 Å². The zero-order valence-electron chi connectivity index (χ0n) is 12.3. The van der Waals surface area contributed by atoms with Gasteiger partial charge in [0.2, 0.25) is 10.0 Å². The van der Waals surface area contributed by atoms with Crippen LogP contribution in [0, 0.1) is 5.92 Å². The lowest BCUT2D eigenvalue weighted by Gasteiger charge is -2.32. The van der Waals surface area contributed by atoms with Gasteiger partial charge in [-0.25, -0.2) is 12.7 Å². The Bertz CT molecular complexity index is 402. The van der Waals surface area contributed by atoms with Crippen molar-refractivity contribution in [1.29, 1.82) is 0 Å². The van der Waals surface area contributed by atoms with E-state index in [2.05, 4.69) is 5.32 Å². The van der Waals surface area contributed by atoms with Crippen LogP contribution in [0.2, 0.25) is 0 Å². The zero-order chi connectivity index (χ0) is 14.5. The summed E-state index contributed by atoms with van der Waals surface area (Å²) in [5, 5.41) is 2.28. The Morgan fingerprint density at radius 1 is 1.35 bits per heavy atom. The number of nitrogens with one attached hydrogen (secondary N) is 1. The fourth-order valence-electron chi connectivity index (χ4n) is 2.50. The fourth-order valence-corrected chi connectivity index (χ4v) is 4.44. The van der Waals surface area contributed by atoms with Gasteiger partial charge in [0.25, 0.3) is 0 Å². The van der Waals surface area contributed by atoms with E-state index in [-0.39, 0.29) is 12.4 Å². The number of hydrogen-bond donors (Lipinski definition) is 1. The summed E-state index contributed by atoms with van der Waals surface area (Å²) in [4.78, 5) is 11.7. The highest BCUT2D eigenvalue weighted by Gasteiger charge is 2.41. The molecule has 1 aliphatic carbocycles. The van der Waals surface area contributed by atoms with E-state index in [1.54, 1.807) is 14.1 Å². The smallest absolute Gasteiger partial charge is 0.310 e. The molecule has 120 valence electrons. The number of halogens is 1. The summed E-state index contributed by atoms with van der Waals surface area (Å²) in [6.07, 6.45) is 2.85. The summed E-state index contributed by atoms with van der Waals surface area (Å²) in [6.45, 7) is 0.995. The Morgan fingerprint density at radius 3 is 2.50 bits per heavy atom. The van der Waals surface area contributed by atoms with Crippen LogP contribution >= 0.6 is 12.4 Å². The van der Waals surface area contributed by atoms with Gasteiger partial charge in [-0.1, -0.05) is 12.8 Å². The average molecular weight is 329 g/mol. The number of esters is 1. The van der Waals surface area contributed by atoms with E-state index < -0.39 is 27.2 Å². The third-order valence-corrected chi connectivity index (χ3v) is 6.08. The van der Waals surface area contributed by atoms with Gasteiger partial charge >= 0.3 is 5.97 Å². The molecule has 0 aliphatic heterocycles. The SMILES string of the molecule is CNCCN(C)S(=O)(=O)C1CCCCC1C(=O)OC.Cl. The first kappa shape index (κ1) is 19.6. The number of hydrogen-bond acceptors (Lipinski definition) is 5. The minimum Gasteiger partial charge on any atom is -0.469 e. The van der Waals surface area contributed by atoms with Gasteiger partial charge in [0.05, 0.1) is 18.3 Å². The first-order chi connectivity index (χ1) is 8.95. The van der Waals surface area contributed by atoms with Crippen LogP contribution in [0.25, 0.3) is 0 Å². The number of rotatable bonds is 6. The highest BCUT2D eigenvalue weighted by Crippen LogP contribution is 2.31. The number of likely N-dealkylation sites (N-methyl/N-ethyl adjacent to an activating group) is 2. The minimum absolute atomic E-state index is 0. The number of nitrogens with zero attached hydrogens (tertiary/aromatic N) is 1. The van der Waals surface area contributed by atoms with Crippen molar-refractivity contribution < 1.29 is 17.9 Å². The predicted octanol–water partition coefficient (Wildman–Crippen LogP) is 0.621. The number of sulfonamides is 1. The summed E-state index contributed by atoms with van der Waals surface area (Å²) < 4.78 is 31.1. The molecule has 1 fully saturated rings. The van der Waals surface area contributed by atoms with E-state index in [4.69, 9.17) is 4.74 Å². The molecule has 1 rings (SSSR count). The van der Waals surface area contributed by atoms with Gasteiger partial charge in [0, 0.05) is 20.1 Å². The molecule has 0 spiro atoms. The maximum Gasteiger partial charge on any atom is 0.310 e. The molecule has 0 aromatic rings. The van der Waals surface area contributed by atoms with Gasteiger partial charge in [-0.2, -0.15) is 0 Å². The van der Waals surface area contributed by atoms with Crippen molar-refractivity contribution >= 4 is 28.4 Å². The molecule has 0 amide bonds. The predicted molar refractivity (Wildman–Crippen MR) is 80.5 cm³/mol. The summed E-state index contributed by atoms with van der Waals surface area (Å²) in [7, 11) is 1.21. The zero-order valence-corrected chi connectivity index (χ0v) is 13.9. The van der Waals surface area contributed by atoms with Gasteiger partial charge in [-0.05, 0) is 19.9 Å². The summed E-state index contributed by atoms with van der Waals surface area (Å²) in [6, 6.07) is 0. The second-order valence-corrected chi connectivity index (χ2v) is 7.18. The second kappa shape index (κ2) is 8.81. The molecule has 0 bridgehead atoms. The van der Waals surface area contributed by atoms with Crippen LogP contribution in [-0.4, -0.2) is 58.2 Å². The molecule has 0 aromatic heterocycles. The largest absolute Gasteiger partial charge is 0.469 e. The van der Waals surface area contributed by atoms with E-state index in [1.165, 1.54) is 11.4 Å². The van der Waals surface area contributed by atoms with Crippen LogP contribution in [0.3, 0.4) is 0 Å². The molecule has 2 atom stereocenters. The van der Waals surface area contributed by atoms with E-state index >= 15 is 0 Å². The van der Waals surface area contributed by atoms with Crippen molar-refractivity contribution in [1.82, 2.24) is 9.62 Å². The number of methoxy groups -OCH3 is 1. The lowest BCUT2D eigenvalue weighted by molar-refractivity contribution is -0.146. The lowest BCUT2D eigenvalue weighted by atomic mass is 9.89. The monoisotopic (exact) mass is 328 g/mol. The highest BCUT2D eigenvalue weighted by molar-refractivity contribution is 7.89. The first-order valence-electron chi connectivity index (χ1n) is 6.62. The van der Waals surface area contributed by atoms with E-state index in [0.717, 1.165) is 12.8 Å². The minimum atomic E-state index is -3.45. The van der Waals surface area contributed by atoms with Crippen LogP contribution in [0.15, 0.2) is 0 Å². The van der Waals surface area contributed by atoms with Crippen molar-refractivity contribution in [2.75, 3.05) is 34.3 Å². The van der Waals surface area contributed by atoms with Crippen molar-refractivity contribution in [3.63, 3.8) is 0 Å². The van der Waals surface area contributed by atoms with Gasteiger partial charge in [-0.15, -0.1) is 12.4 Å². The average Bonchev–Trinajstić information content (AvgIpc) is 2.43. The van der Waals surface area contributed by atoms with Crippen LogP contribution in [0.4, 0.5) is 0 Å². The number of ether oxygens (including phenoxy) is 1. The topological polar surface area (TPSA) is 75.7 Å². The summed E-state index contributed by atoms with van der Waals surface area (Å²) >= 11 is 0. The van der Waals surface area contributed by atoms with Crippen LogP contribution in [0.5, 0.6) is 0 Å². The van der Waals surface area contributed by atoms with E-state index in [1.807, 2.05) is 0 Å². The normalized spacial score (nSPS) is 23.2. The standard InChI is InChI=1S/C12H24N2O4S.ClH/c1-13-8-9-14(2)19(16,17)11-7-5-4-6-10(11)12(15)18-3;/h10-11,13H,4-9H2,1-3H3;1H. The molecule has 0 saturated heterocycles. The van der Waals surface area contributed by atoms with E-state index in [9.17, 15) is 13.2 Å². The molecule has 0 radical (unpaired) electrons. The molecular weight excluding hydrogens is 304 g/mol. The number of carbonyl (C=O) groups excluding carboxylic acids is 1. The molecule has 1 N–H and O–H groups in total. The fraction of sp³-hybridized carbons (Fsp3) is 0.917. The Labute approximate surface area is 127 Å². The quantitative estimate of drug-likeness (QED) is 0.723. The molecule has 2 unspecified atom stereocenters. The Kier molecular flexibility index (Phi) is 8.65. The van der Waals surface area contributed by atoms with Gasteiger partial charge in [0.15, 0.2) is 0 Å². The third kappa shape index (κ3) is 4.58. The molecule has 20 heavy (non-hydrogen) atoms. The van der Waals surface area contributed by atoms with Crippen LogP contribution in [0.1, 0.15) is 25.7 Å². The molecule has 0 heterocycles. The maximum atomic E-state index is 12.5. The lowest BCUT2D eigenvalue weighted by Crippen LogP contribution is -2.46.